The average Bonchev–Trinajstić information content (AvgIpc) is 2.98. The molecule has 1 aliphatic rings. The number of aromatic amines is 1. The van der Waals surface area contributed by atoms with Crippen LogP contribution in [0.1, 0.15) is 17.7 Å². The van der Waals surface area contributed by atoms with Crippen LogP contribution in [-0.2, 0) is 16.1 Å². The van der Waals surface area contributed by atoms with Crippen LogP contribution in [0.4, 0.5) is 0 Å². The number of nitrogens with zero attached hydrogens (tertiary/aromatic N) is 2. The molecule has 0 unspecified atom stereocenters. The van der Waals surface area contributed by atoms with Crippen LogP contribution in [0.3, 0.4) is 0 Å². The molecule has 1 saturated heterocycles. The van der Waals surface area contributed by atoms with E-state index in [9.17, 15) is 4.79 Å². The molecular weight excluding hydrogens is 356 g/mol. The zero-order chi connectivity index (χ0) is 18.6. The van der Waals surface area contributed by atoms with Gasteiger partial charge in [0.05, 0.1) is 19.2 Å². The second-order valence-electron chi connectivity index (χ2n) is 6.65. The lowest BCUT2D eigenvalue weighted by Gasteiger charge is -2.42. The van der Waals surface area contributed by atoms with Gasteiger partial charge in [0.15, 0.2) is 0 Å². The maximum absolute atomic E-state index is 11.6. The fourth-order valence-corrected chi connectivity index (χ4v) is 3.35. The lowest BCUT2D eigenvalue weighted by atomic mass is 9.97. The SMILES string of the molecule is Cc1[nH]ncc1CN1CCO[C@@](COc2cccc(Cl)c2)(CC(N)=O)C1. The molecule has 1 aromatic carbocycles. The smallest absolute Gasteiger partial charge is 0.220 e. The Morgan fingerprint density at radius 3 is 3.08 bits per heavy atom. The number of rotatable bonds is 7. The Kier molecular flexibility index (Phi) is 5.80. The molecule has 2 aromatic rings. The number of primary amides is 1. The summed E-state index contributed by atoms with van der Waals surface area (Å²) in [4.78, 5) is 13.9. The van der Waals surface area contributed by atoms with Crippen molar-refractivity contribution >= 4 is 17.5 Å². The lowest BCUT2D eigenvalue weighted by Crippen LogP contribution is -2.56. The standard InChI is InChI=1S/C18H23ClN4O3/c1-13-14(9-21-22-13)10-23-5-6-26-18(11-23,8-17(20)24)12-25-16-4-2-3-15(19)7-16/h2-4,7,9H,5-6,8,10-12H2,1H3,(H2,20,24)(H,21,22)/t18-/m0/s1. The minimum Gasteiger partial charge on any atom is -0.490 e. The van der Waals surface area contributed by atoms with Crippen molar-refractivity contribution in [1.82, 2.24) is 15.1 Å². The summed E-state index contributed by atoms with van der Waals surface area (Å²) >= 11 is 6.00. The van der Waals surface area contributed by atoms with E-state index in [0.717, 1.165) is 24.3 Å². The minimum atomic E-state index is -0.788. The molecule has 2 heterocycles. The topological polar surface area (TPSA) is 93.5 Å². The molecule has 0 aliphatic carbocycles. The number of H-pyrrole nitrogens is 1. The summed E-state index contributed by atoms with van der Waals surface area (Å²) in [7, 11) is 0. The number of morpholine rings is 1. The van der Waals surface area contributed by atoms with Crippen LogP contribution in [0, 0.1) is 6.92 Å². The molecule has 7 nitrogen and oxygen atoms in total. The van der Waals surface area contributed by atoms with Crippen molar-refractivity contribution in [2.75, 3.05) is 26.3 Å². The van der Waals surface area contributed by atoms with Crippen molar-refractivity contribution < 1.29 is 14.3 Å². The Morgan fingerprint density at radius 1 is 1.54 bits per heavy atom. The first-order valence-electron chi connectivity index (χ1n) is 8.48. The molecule has 8 heteroatoms. The zero-order valence-electron chi connectivity index (χ0n) is 14.7. The van der Waals surface area contributed by atoms with Crippen molar-refractivity contribution in [1.29, 1.82) is 0 Å². The van der Waals surface area contributed by atoms with Crippen LogP contribution in [0.25, 0.3) is 0 Å². The number of carbonyl (C=O) groups excluding carboxylic acids is 1. The minimum absolute atomic E-state index is 0.0917. The van der Waals surface area contributed by atoms with Crippen molar-refractivity contribution in [3.63, 3.8) is 0 Å². The van der Waals surface area contributed by atoms with Gasteiger partial charge in [-0.2, -0.15) is 5.10 Å². The van der Waals surface area contributed by atoms with Crippen LogP contribution >= 0.6 is 11.6 Å². The van der Waals surface area contributed by atoms with E-state index >= 15 is 0 Å². The molecule has 1 fully saturated rings. The van der Waals surface area contributed by atoms with Crippen LogP contribution < -0.4 is 10.5 Å². The number of hydrogen-bond donors (Lipinski definition) is 2. The molecule has 3 rings (SSSR count). The van der Waals surface area contributed by atoms with Gasteiger partial charge in [0.25, 0.3) is 0 Å². The molecule has 140 valence electrons. The summed E-state index contributed by atoms with van der Waals surface area (Å²) in [6, 6.07) is 7.14. The number of nitrogens with one attached hydrogen (secondary N) is 1. The predicted octanol–water partition coefficient (Wildman–Crippen LogP) is 1.90. The normalized spacial score (nSPS) is 20.8. The molecule has 26 heavy (non-hydrogen) atoms. The quantitative estimate of drug-likeness (QED) is 0.767. The number of aryl methyl sites for hydroxylation is 1. The van der Waals surface area contributed by atoms with Gasteiger partial charge >= 0.3 is 0 Å². The van der Waals surface area contributed by atoms with Crippen molar-refractivity contribution in [3.05, 3.63) is 46.7 Å². The van der Waals surface area contributed by atoms with Crippen LogP contribution in [-0.4, -0.2) is 52.9 Å². The fourth-order valence-electron chi connectivity index (χ4n) is 3.17. The molecule has 1 amide bonds. The second kappa shape index (κ2) is 8.07. The summed E-state index contributed by atoms with van der Waals surface area (Å²) in [5.41, 5.74) is 6.85. The molecule has 1 aliphatic heterocycles. The number of nitrogens with two attached hydrogens (primary N) is 1. The van der Waals surface area contributed by atoms with Crippen molar-refractivity contribution in [3.8, 4) is 5.75 Å². The van der Waals surface area contributed by atoms with E-state index in [1.54, 1.807) is 12.1 Å². The van der Waals surface area contributed by atoms with Gasteiger partial charge in [0.2, 0.25) is 5.91 Å². The summed E-state index contributed by atoms with van der Waals surface area (Å²) in [5, 5.41) is 7.60. The Morgan fingerprint density at radius 2 is 2.38 bits per heavy atom. The Balaban J connectivity index is 1.71. The first-order valence-corrected chi connectivity index (χ1v) is 8.85. The Hall–Kier alpha value is -2.09. The highest BCUT2D eigenvalue weighted by Crippen LogP contribution is 2.26. The highest BCUT2D eigenvalue weighted by atomic mass is 35.5. The number of halogens is 1. The maximum Gasteiger partial charge on any atom is 0.220 e. The van der Waals surface area contributed by atoms with E-state index in [1.165, 1.54) is 0 Å². The largest absolute Gasteiger partial charge is 0.490 e. The number of amides is 1. The van der Waals surface area contributed by atoms with Gasteiger partial charge in [-0.25, -0.2) is 0 Å². The van der Waals surface area contributed by atoms with Crippen LogP contribution in [0.15, 0.2) is 30.5 Å². The van der Waals surface area contributed by atoms with E-state index < -0.39 is 11.5 Å². The van der Waals surface area contributed by atoms with Gasteiger partial charge in [-0.05, 0) is 25.1 Å². The van der Waals surface area contributed by atoms with Crippen molar-refractivity contribution in [2.24, 2.45) is 5.73 Å². The first kappa shape index (κ1) is 18.7. The number of ether oxygens (including phenoxy) is 2. The Bertz CT molecular complexity index is 766. The molecule has 0 spiro atoms. The van der Waals surface area contributed by atoms with Crippen LogP contribution in [0.5, 0.6) is 5.75 Å². The summed E-state index contributed by atoms with van der Waals surface area (Å²) in [6.45, 7) is 4.74. The number of carbonyl (C=O) groups is 1. The van der Waals surface area contributed by atoms with Crippen LogP contribution in [0.2, 0.25) is 5.02 Å². The molecule has 0 saturated carbocycles. The number of hydrogen-bond acceptors (Lipinski definition) is 5. The summed E-state index contributed by atoms with van der Waals surface area (Å²) in [5.74, 6) is 0.216. The molecule has 1 aromatic heterocycles. The average molecular weight is 379 g/mol. The Labute approximate surface area is 157 Å². The first-order chi connectivity index (χ1) is 12.5. The molecule has 0 radical (unpaired) electrons. The van der Waals surface area contributed by atoms with E-state index in [0.29, 0.717) is 23.9 Å². The van der Waals surface area contributed by atoms with E-state index in [-0.39, 0.29) is 13.0 Å². The second-order valence-corrected chi connectivity index (χ2v) is 7.09. The van der Waals surface area contributed by atoms with Crippen molar-refractivity contribution in [2.45, 2.75) is 25.5 Å². The highest BCUT2D eigenvalue weighted by Gasteiger charge is 2.39. The highest BCUT2D eigenvalue weighted by molar-refractivity contribution is 6.30. The van der Waals surface area contributed by atoms with E-state index in [4.69, 9.17) is 26.8 Å². The summed E-state index contributed by atoms with van der Waals surface area (Å²) < 4.78 is 11.9. The number of aromatic nitrogens is 2. The third kappa shape index (κ3) is 4.75. The van der Waals surface area contributed by atoms with Gasteiger partial charge < -0.3 is 15.2 Å². The van der Waals surface area contributed by atoms with Gasteiger partial charge in [-0.1, -0.05) is 17.7 Å². The maximum atomic E-state index is 11.6. The molecular formula is C18H23ClN4O3. The predicted molar refractivity (Wildman–Crippen MR) is 98.0 cm³/mol. The molecule has 3 N–H and O–H groups in total. The molecule has 0 bridgehead atoms. The van der Waals surface area contributed by atoms with E-state index in [1.807, 2.05) is 25.3 Å². The lowest BCUT2D eigenvalue weighted by molar-refractivity contribution is -0.148. The monoisotopic (exact) mass is 378 g/mol. The fraction of sp³-hybridized carbons (Fsp3) is 0.444. The van der Waals surface area contributed by atoms with Gasteiger partial charge in [0, 0.05) is 35.9 Å². The molecule has 1 atom stereocenters. The van der Waals surface area contributed by atoms with Gasteiger partial charge in [0.1, 0.15) is 18.0 Å². The number of benzene rings is 1. The van der Waals surface area contributed by atoms with Gasteiger partial charge in [-0.15, -0.1) is 0 Å². The zero-order valence-corrected chi connectivity index (χ0v) is 15.5. The van der Waals surface area contributed by atoms with E-state index in [2.05, 4.69) is 15.1 Å². The third-order valence-electron chi connectivity index (χ3n) is 4.45. The summed E-state index contributed by atoms with van der Waals surface area (Å²) in [6.07, 6.45) is 1.91. The van der Waals surface area contributed by atoms with Gasteiger partial charge in [-0.3, -0.25) is 14.8 Å². The third-order valence-corrected chi connectivity index (χ3v) is 4.69.